The van der Waals surface area contributed by atoms with Crippen LogP contribution in [0.2, 0.25) is 0 Å². The van der Waals surface area contributed by atoms with Crippen molar-refractivity contribution in [2.45, 2.75) is 32.9 Å². The molecule has 0 spiro atoms. The molecule has 0 radical (unpaired) electrons. The van der Waals surface area contributed by atoms with Gasteiger partial charge in [0.25, 0.3) is 5.91 Å². The van der Waals surface area contributed by atoms with Crippen LogP contribution in [-0.2, 0) is 22.6 Å². The van der Waals surface area contributed by atoms with Gasteiger partial charge in [-0.15, -0.1) is 0 Å². The third-order valence-electron chi connectivity index (χ3n) is 5.76. The lowest BCUT2D eigenvalue weighted by Gasteiger charge is -2.19. The van der Waals surface area contributed by atoms with Crippen molar-refractivity contribution in [1.29, 1.82) is 0 Å². The van der Waals surface area contributed by atoms with Crippen LogP contribution in [-0.4, -0.2) is 50.2 Å². The van der Waals surface area contributed by atoms with Crippen LogP contribution in [0.5, 0.6) is 11.5 Å². The number of aromatic nitrogens is 1. The second-order valence-electron chi connectivity index (χ2n) is 8.42. The van der Waals surface area contributed by atoms with Crippen LogP contribution < -0.4 is 20.1 Å². The summed E-state index contributed by atoms with van der Waals surface area (Å²) in [6, 6.07) is 15.6. The van der Waals surface area contributed by atoms with E-state index in [1.54, 1.807) is 32.5 Å². The number of aryl methyl sites for hydroxylation is 2. The van der Waals surface area contributed by atoms with E-state index in [1.165, 1.54) is 0 Å². The lowest BCUT2D eigenvalue weighted by Crippen LogP contribution is -2.49. The summed E-state index contributed by atoms with van der Waals surface area (Å²) in [5.74, 6) is 0.612. The molecule has 3 aromatic rings. The number of pyridine rings is 1. The van der Waals surface area contributed by atoms with Crippen molar-refractivity contribution in [2.75, 3.05) is 27.4 Å². The number of rotatable bonds is 12. The molecule has 2 amide bonds. The van der Waals surface area contributed by atoms with Crippen molar-refractivity contribution in [1.82, 2.24) is 15.6 Å². The van der Waals surface area contributed by atoms with Gasteiger partial charge >= 0.3 is 0 Å². The van der Waals surface area contributed by atoms with Gasteiger partial charge in [-0.2, -0.15) is 0 Å². The Kier molecular flexibility index (Phi) is 9.82. The van der Waals surface area contributed by atoms with Gasteiger partial charge in [0.05, 0.1) is 27.4 Å². The topological polar surface area (TPSA) is 98.8 Å². The van der Waals surface area contributed by atoms with Crippen molar-refractivity contribution in [3.8, 4) is 11.5 Å². The fourth-order valence-corrected chi connectivity index (χ4v) is 3.53. The maximum absolute atomic E-state index is 13.0. The summed E-state index contributed by atoms with van der Waals surface area (Å²) < 4.78 is 16.5. The Balaban J connectivity index is 1.66. The first-order valence-electron chi connectivity index (χ1n) is 11.7. The molecule has 0 aliphatic heterocycles. The number of nitrogens with zero attached hydrogens (tertiary/aromatic N) is 1. The van der Waals surface area contributed by atoms with Crippen LogP contribution in [0, 0.1) is 13.8 Å². The van der Waals surface area contributed by atoms with Crippen LogP contribution in [0.4, 0.5) is 0 Å². The Morgan fingerprint density at radius 3 is 2.33 bits per heavy atom. The fraction of sp³-hybridized carbons (Fsp3) is 0.321. The molecule has 1 heterocycles. The smallest absolute Gasteiger partial charge is 0.252 e. The predicted octanol–water partition coefficient (Wildman–Crippen LogP) is 3.39. The van der Waals surface area contributed by atoms with Gasteiger partial charge in [0, 0.05) is 36.5 Å². The number of hydrogen-bond donors (Lipinski definition) is 2. The van der Waals surface area contributed by atoms with Crippen LogP contribution in [0.15, 0.2) is 60.8 Å². The molecular weight excluding hydrogens is 458 g/mol. The lowest BCUT2D eigenvalue weighted by molar-refractivity contribution is -0.124. The Labute approximate surface area is 212 Å². The Morgan fingerprint density at radius 1 is 0.944 bits per heavy atom. The first kappa shape index (κ1) is 26.7. The van der Waals surface area contributed by atoms with Crippen LogP contribution in [0.3, 0.4) is 0 Å². The van der Waals surface area contributed by atoms with Crippen LogP contribution in [0.25, 0.3) is 0 Å². The number of benzene rings is 2. The molecule has 2 aromatic carbocycles. The standard InChI is InChI=1S/C28H33N3O5/c1-19-8-9-22(13-20(19)2)27(32)31-26(28(33)30-12-10-23-7-5-6-11-29-23)18-36-17-21-14-24(34-3)16-25(15-21)35-4/h5-9,11,13-16,26H,10,12,17-18H2,1-4H3,(H,30,33)(H,31,32)/t26-/m1/s1. The lowest BCUT2D eigenvalue weighted by atomic mass is 10.1. The van der Waals surface area contributed by atoms with E-state index >= 15 is 0 Å². The van der Waals surface area contributed by atoms with Gasteiger partial charge in [-0.1, -0.05) is 12.1 Å². The average molecular weight is 492 g/mol. The Bertz CT molecular complexity index is 1140. The zero-order valence-electron chi connectivity index (χ0n) is 21.2. The minimum atomic E-state index is -0.879. The van der Waals surface area contributed by atoms with Gasteiger partial charge in [0.15, 0.2) is 0 Å². The monoisotopic (exact) mass is 491 g/mol. The molecular formula is C28H33N3O5. The van der Waals surface area contributed by atoms with Crippen LogP contribution in [0.1, 0.15) is 32.7 Å². The minimum Gasteiger partial charge on any atom is -0.497 e. The predicted molar refractivity (Wildman–Crippen MR) is 137 cm³/mol. The van der Waals surface area contributed by atoms with E-state index in [0.717, 1.165) is 22.4 Å². The van der Waals surface area contributed by atoms with Crippen molar-refractivity contribution >= 4 is 11.8 Å². The number of amides is 2. The van der Waals surface area contributed by atoms with E-state index in [-0.39, 0.29) is 25.0 Å². The summed E-state index contributed by atoms with van der Waals surface area (Å²) in [4.78, 5) is 30.2. The number of carbonyl (C=O) groups excluding carboxylic acids is 2. The minimum absolute atomic E-state index is 0.00840. The van der Waals surface area contributed by atoms with Gasteiger partial charge in [0.1, 0.15) is 17.5 Å². The molecule has 1 aromatic heterocycles. The third kappa shape index (κ3) is 7.81. The molecule has 0 unspecified atom stereocenters. The third-order valence-corrected chi connectivity index (χ3v) is 5.76. The highest BCUT2D eigenvalue weighted by molar-refractivity contribution is 5.97. The van der Waals surface area contributed by atoms with E-state index in [9.17, 15) is 9.59 Å². The average Bonchev–Trinajstić information content (AvgIpc) is 2.89. The molecule has 8 heteroatoms. The number of carbonyl (C=O) groups is 2. The van der Waals surface area contributed by atoms with E-state index in [0.29, 0.717) is 30.0 Å². The molecule has 36 heavy (non-hydrogen) atoms. The highest BCUT2D eigenvalue weighted by atomic mass is 16.5. The van der Waals surface area contributed by atoms with Gasteiger partial charge < -0.3 is 24.8 Å². The summed E-state index contributed by atoms with van der Waals surface area (Å²) in [6.07, 6.45) is 2.29. The highest BCUT2D eigenvalue weighted by Crippen LogP contribution is 2.23. The largest absolute Gasteiger partial charge is 0.497 e. The molecule has 190 valence electrons. The molecule has 0 aliphatic rings. The fourth-order valence-electron chi connectivity index (χ4n) is 3.53. The molecule has 2 N–H and O–H groups in total. The van der Waals surface area contributed by atoms with Crippen molar-refractivity contribution in [2.24, 2.45) is 0 Å². The second kappa shape index (κ2) is 13.3. The Hall–Kier alpha value is -3.91. The maximum atomic E-state index is 13.0. The molecule has 0 saturated carbocycles. The zero-order valence-corrected chi connectivity index (χ0v) is 21.2. The number of methoxy groups -OCH3 is 2. The van der Waals surface area contributed by atoms with Gasteiger partial charge in [-0.3, -0.25) is 14.6 Å². The van der Waals surface area contributed by atoms with E-state index < -0.39 is 6.04 Å². The normalized spacial score (nSPS) is 11.4. The van der Waals surface area contributed by atoms with Crippen LogP contribution >= 0.6 is 0 Å². The van der Waals surface area contributed by atoms with Crippen molar-refractivity contribution in [3.63, 3.8) is 0 Å². The number of ether oxygens (including phenoxy) is 3. The summed E-state index contributed by atoms with van der Waals surface area (Å²) in [5, 5.41) is 5.70. The summed E-state index contributed by atoms with van der Waals surface area (Å²) in [6.45, 7) is 4.52. The van der Waals surface area contributed by atoms with Crippen molar-refractivity contribution < 1.29 is 23.8 Å². The molecule has 0 fully saturated rings. The second-order valence-corrected chi connectivity index (χ2v) is 8.42. The highest BCUT2D eigenvalue weighted by Gasteiger charge is 2.22. The van der Waals surface area contributed by atoms with E-state index in [1.807, 2.05) is 56.3 Å². The first-order chi connectivity index (χ1) is 17.4. The van der Waals surface area contributed by atoms with Gasteiger partial charge in [-0.25, -0.2) is 0 Å². The zero-order chi connectivity index (χ0) is 25.9. The molecule has 0 saturated heterocycles. The van der Waals surface area contributed by atoms with E-state index in [2.05, 4.69) is 15.6 Å². The maximum Gasteiger partial charge on any atom is 0.252 e. The van der Waals surface area contributed by atoms with Crippen molar-refractivity contribution in [3.05, 3.63) is 88.7 Å². The van der Waals surface area contributed by atoms with E-state index in [4.69, 9.17) is 14.2 Å². The molecule has 3 rings (SSSR count). The molecule has 1 atom stereocenters. The summed E-state index contributed by atoms with van der Waals surface area (Å²) in [7, 11) is 3.15. The SMILES string of the molecule is COc1cc(COC[C@@H](NC(=O)c2ccc(C)c(C)c2)C(=O)NCCc2ccccn2)cc(OC)c1. The Morgan fingerprint density at radius 2 is 1.69 bits per heavy atom. The molecule has 0 bridgehead atoms. The number of hydrogen-bond acceptors (Lipinski definition) is 6. The summed E-state index contributed by atoms with van der Waals surface area (Å²) >= 11 is 0. The van der Waals surface area contributed by atoms with Gasteiger partial charge in [-0.05, 0) is 66.9 Å². The van der Waals surface area contributed by atoms with Gasteiger partial charge in [0.2, 0.25) is 5.91 Å². The molecule has 0 aliphatic carbocycles. The quantitative estimate of drug-likeness (QED) is 0.403. The summed E-state index contributed by atoms with van der Waals surface area (Å²) in [5.41, 5.74) is 4.27. The first-order valence-corrected chi connectivity index (χ1v) is 11.7. The molecule has 8 nitrogen and oxygen atoms in total. The number of nitrogens with one attached hydrogen (secondary N) is 2.